The van der Waals surface area contributed by atoms with E-state index in [1.807, 2.05) is 49.5 Å². The van der Waals surface area contributed by atoms with Gasteiger partial charge in [-0.1, -0.05) is 6.07 Å². The Labute approximate surface area is 167 Å². The highest BCUT2D eigenvalue weighted by Crippen LogP contribution is 2.29. The number of rotatable bonds is 6. The number of ether oxygens (including phenoxy) is 2. The van der Waals surface area contributed by atoms with Crippen LogP contribution in [0, 0.1) is 0 Å². The first-order chi connectivity index (χ1) is 14.1. The molecule has 0 bridgehead atoms. The molecule has 148 valence electrons. The topological polar surface area (TPSA) is 112 Å². The largest absolute Gasteiger partial charge is 0.491 e. The van der Waals surface area contributed by atoms with E-state index in [1.165, 1.54) is 0 Å². The van der Waals surface area contributed by atoms with E-state index in [0.717, 1.165) is 17.0 Å². The number of fused-ring (bicyclic) bond motifs is 1. The summed E-state index contributed by atoms with van der Waals surface area (Å²) in [5.74, 6) is 2.28. The predicted octanol–water partition coefficient (Wildman–Crippen LogP) is 2.97. The molecule has 0 fully saturated rings. The molecule has 0 aliphatic carbocycles. The summed E-state index contributed by atoms with van der Waals surface area (Å²) in [5.41, 5.74) is 8.95. The maximum absolute atomic E-state index is 5.91. The van der Waals surface area contributed by atoms with Gasteiger partial charge in [0, 0.05) is 30.1 Å². The normalized spacial score (nSPS) is 12.0. The number of hydrogen-bond acceptors (Lipinski definition) is 8. The fourth-order valence-corrected chi connectivity index (χ4v) is 2.88. The number of pyridine rings is 2. The fourth-order valence-electron chi connectivity index (χ4n) is 2.88. The molecule has 4 aromatic rings. The highest BCUT2D eigenvalue weighted by molar-refractivity contribution is 5.65. The SMILES string of the molecule is COc1cc(-c2ccn3nc(Nc4cccc(C(C)N)n4)cc3n2)cnc1OC. The van der Waals surface area contributed by atoms with E-state index in [1.54, 1.807) is 24.9 Å². The molecule has 9 nitrogen and oxygen atoms in total. The molecule has 4 rings (SSSR count). The maximum atomic E-state index is 5.91. The lowest BCUT2D eigenvalue weighted by Crippen LogP contribution is -2.08. The summed E-state index contributed by atoms with van der Waals surface area (Å²) in [7, 11) is 3.12. The fraction of sp³-hybridized carbons (Fsp3) is 0.200. The lowest BCUT2D eigenvalue weighted by Gasteiger charge is -2.08. The minimum absolute atomic E-state index is 0.142. The molecule has 1 atom stereocenters. The van der Waals surface area contributed by atoms with Crippen molar-refractivity contribution in [2.75, 3.05) is 19.5 Å². The lowest BCUT2D eigenvalue weighted by molar-refractivity contribution is 0.343. The number of anilines is 2. The van der Waals surface area contributed by atoms with Crippen LogP contribution in [0.1, 0.15) is 18.7 Å². The molecule has 0 saturated heterocycles. The zero-order valence-corrected chi connectivity index (χ0v) is 16.3. The monoisotopic (exact) mass is 391 g/mol. The molecule has 0 aliphatic heterocycles. The summed E-state index contributed by atoms with van der Waals surface area (Å²) in [6, 6.07) is 11.1. The van der Waals surface area contributed by atoms with Crippen molar-refractivity contribution in [1.82, 2.24) is 24.6 Å². The van der Waals surface area contributed by atoms with E-state index < -0.39 is 0 Å². The van der Waals surface area contributed by atoms with E-state index in [4.69, 9.17) is 15.2 Å². The van der Waals surface area contributed by atoms with Gasteiger partial charge < -0.3 is 20.5 Å². The van der Waals surface area contributed by atoms with Crippen LogP contribution in [0.3, 0.4) is 0 Å². The number of nitrogens with one attached hydrogen (secondary N) is 1. The Morgan fingerprint density at radius 2 is 1.93 bits per heavy atom. The van der Waals surface area contributed by atoms with Crippen molar-refractivity contribution in [1.29, 1.82) is 0 Å². The van der Waals surface area contributed by atoms with Crippen molar-refractivity contribution in [3.8, 4) is 22.9 Å². The second kappa shape index (κ2) is 7.72. The van der Waals surface area contributed by atoms with Crippen LogP contribution in [-0.2, 0) is 0 Å². The molecule has 29 heavy (non-hydrogen) atoms. The summed E-state index contributed by atoms with van der Waals surface area (Å²) in [4.78, 5) is 13.4. The van der Waals surface area contributed by atoms with Gasteiger partial charge in [-0.05, 0) is 31.2 Å². The van der Waals surface area contributed by atoms with Gasteiger partial charge in [0.2, 0.25) is 0 Å². The van der Waals surface area contributed by atoms with Crippen molar-refractivity contribution in [3.63, 3.8) is 0 Å². The average Bonchev–Trinajstić information content (AvgIpc) is 3.14. The molecule has 4 aromatic heterocycles. The Bertz CT molecular complexity index is 1160. The number of nitrogens with zero attached hydrogens (tertiary/aromatic N) is 5. The maximum Gasteiger partial charge on any atom is 0.256 e. The van der Waals surface area contributed by atoms with Crippen LogP contribution in [0.25, 0.3) is 16.9 Å². The number of nitrogens with two attached hydrogens (primary N) is 1. The number of aromatic nitrogens is 5. The third kappa shape index (κ3) is 3.81. The zero-order valence-electron chi connectivity index (χ0n) is 16.3. The first kappa shape index (κ1) is 18.6. The quantitative estimate of drug-likeness (QED) is 0.516. The van der Waals surface area contributed by atoms with E-state index in [9.17, 15) is 0 Å². The van der Waals surface area contributed by atoms with Gasteiger partial charge in [0.25, 0.3) is 5.88 Å². The van der Waals surface area contributed by atoms with Crippen molar-refractivity contribution < 1.29 is 9.47 Å². The highest BCUT2D eigenvalue weighted by Gasteiger charge is 2.11. The van der Waals surface area contributed by atoms with Crippen LogP contribution in [0.4, 0.5) is 11.6 Å². The predicted molar refractivity (Wildman–Crippen MR) is 109 cm³/mol. The summed E-state index contributed by atoms with van der Waals surface area (Å²) >= 11 is 0. The number of methoxy groups -OCH3 is 2. The van der Waals surface area contributed by atoms with Crippen LogP contribution < -0.4 is 20.5 Å². The van der Waals surface area contributed by atoms with Gasteiger partial charge in [-0.25, -0.2) is 19.5 Å². The summed E-state index contributed by atoms with van der Waals surface area (Å²) in [5, 5.41) is 7.68. The van der Waals surface area contributed by atoms with E-state index in [-0.39, 0.29) is 6.04 Å². The molecule has 0 aliphatic rings. The highest BCUT2D eigenvalue weighted by atomic mass is 16.5. The van der Waals surface area contributed by atoms with Crippen molar-refractivity contribution in [2.24, 2.45) is 5.73 Å². The smallest absolute Gasteiger partial charge is 0.256 e. The minimum Gasteiger partial charge on any atom is -0.491 e. The van der Waals surface area contributed by atoms with Gasteiger partial charge in [0.1, 0.15) is 5.82 Å². The molecule has 9 heteroatoms. The molecule has 0 amide bonds. The second-order valence-electron chi connectivity index (χ2n) is 6.44. The molecular weight excluding hydrogens is 370 g/mol. The molecule has 0 aromatic carbocycles. The molecule has 4 heterocycles. The van der Waals surface area contributed by atoms with Crippen LogP contribution in [0.15, 0.2) is 48.8 Å². The van der Waals surface area contributed by atoms with Crippen LogP contribution in [-0.4, -0.2) is 38.8 Å². The van der Waals surface area contributed by atoms with Crippen LogP contribution in [0.5, 0.6) is 11.6 Å². The molecular formula is C20H21N7O2. The van der Waals surface area contributed by atoms with Gasteiger partial charge in [0.15, 0.2) is 17.2 Å². The Hall–Kier alpha value is -3.72. The average molecular weight is 391 g/mol. The van der Waals surface area contributed by atoms with Gasteiger partial charge >= 0.3 is 0 Å². The van der Waals surface area contributed by atoms with Gasteiger partial charge in [-0.3, -0.25) is 0 Å². The Kier molecular flexibility index (Phi) is 4.96. The van der Waals surface area contributed by atoms with Gasteiger partial charge in [-0.15, -0.1) is 5.10 Å². The van der Waals surface area contributed by atoms with Crippen LogP contribution in [0.2, 0.25) is 0 Å². The zero-order chi connectivity index (χ0) is 20.4. The standard InChI is InChI=1S/C20H21N7O2/c1-12(21)14-5-4-6-17(23-14)25-18-10-19-24-15(7-8-27(19)26-18)13-9-16(28-2)20(29-3)22-11-13/h4-12H,21H2,1-3H3,(H,23,25,26). The first-order valence-corrected chi connectivity index (χ1v) is 9.02. The van der Waals surface area contributed by atoms with Gasteiger partial charge in [-0.2, -0.15) is 0 Å². The third-order valence-electron chi connectivity index (χ3n) is 4.35. The van der Waals surface area contributed by atoms with Crippen LogP contribution >= 0.6 is 0 Å². The molecule has 3 N–H and O–H groups in total. The van der Waals surface area contributed by atoms with Crippen molar-refractivity contribution >= 4 is 17.3 Å². The van der Waals surface area contributed by atoms with E-state index >= 15 is 0 Å². The Morgan fingerprint density at radius 1 is 1.07 bits per heavy atom. The summed E-state index contributed by atoms with van der Waals surface area (Å²) in [6.45, 7) is 1.89. The summed E-state index contributed by atoms with van der Waals surface area (Å²) in [6.07, 6.45) is 3.53. The third-order valence-corrected chi connectivity index (χ3v) is 4.35. The van der Waals surface area contributed by atoms with Gasteiger partial charge in [0.05, 0.1) is 25.6 Å². The number of hydrogen-bond donors (Lipinski definition) is 2. The minimum atomic E-state index is -0.142. The molecule has 1 unspecified atom stereocenters. The molecule has 0 spiro atoms. The Balaban J connectivity index is 1.64. The van der Waals surface area contributed by atoms with E-state index in [2.05, 4.69) is 25.4 Å². The van der Waals surface area contributed by atoms with Crippen molar-refractivity contribution in [2.45, 2.75) is 13.0 Å². The Morgan fingerprint density at radius 3 is 2.69 bits per heavy atom. The summed E-state index contributed by atoms with van der Waals surface area (Å²) < 4.78 is 12.2. The second-order valence-corrected chi connectivity index (χ2v) is 6.44. The van der Waals surface area contributed by atoms with Crippen molar-refractivity contribution in [3.05, 3.63) is 54.5 Å². The lowest BCUT2D eigenvalue weighted by atomic mass is 10.2. The molecule has 0 radical (unpaired) electrons. The first-order valence-electron chi connectivity index (χ1n) is 9.02. The molecule has 0 saturated carbocycles. The van der Waals surface area contributed by atoms with E-state index in [0.29, 0.717) is 28.9 Å².